The van der Waals surface area contributed by atoms with Gasteiger partial charge >= 0.3 is 6.03 Å². The van der Waals surface area contributed by atoms with E-state index in [1.807, 2.05) is 12.1 Å². The molecule has 0 saturated carbocycles. The Morgan fingerprint density at radius 1 is 0.923 bits per heavy atom. The first-order valence-corrected chi connectivity index (χ1v) is 8.97. The van der Waals surface area contributed by atoms with Gasteiger partial charge in [-0.1, -0.05) is 30.2 Å². The van der Waals surface area contributed by atoms with Crippen molar-refractivity contribution in [3.05, 3.63) is 59.4 Å². The highest BCUT2D eigenvalue weighted by Gasteiger charge is 2.03. The van der Waals surface area contributed by atoms with E-state index in [-0.39, 0.29) is 11.9 Å². The minimum absolute atomic E-state index is 0.00938. The molecule has 2 rings (SSSR count). The summed E-state index contributed by atoms with van der Waals surface area (Å²) < 4.78 is 0. The van der Waals surface area contributed by atoms with Gasteiger partial charge in [-0.15, -0.1) is 0 Å². The molecule has 1 aromatic heterocycles. The van der Waals surface area contributed by atoms with Gasteiger partial charge in [-0.3, -0.25) is 9.78 Å². The van der Waals surface area contributed by atoms with Crippen LogP contribution in [0.15, 0.2) is 48.8 Å². The average molecular weight is 375 g/mol. The Morgan fingerprint density at radius 2 is 1.65 bits per heavy atom. The van der Waals surface area contributed by atoms with Gasteiger partial charge in [-0.05, 0) is 42.7 Å². The molecule has 2 aromatic rings. The number of unbranched alkanes of at least 4 members (excludes halogenated alkanes) is 2. The highest BCUT2D eigenvalue weighted by molar-refractivity contribution is 6.30. The van der Waals surface area contributed by atoms with Crippen LogP contribution in [0.2, 0.25) is 5.02 Å². The SMILES string of the molecule is O=C(CCCCCNC(=O)NCc1ccc(Cl)cc1)Nc1ccncc1. The number of nitrogens with one attached hydrogen (secondary N) is 3. The van der Waals surface area contributed by atoms with Gasteiger partial charge < -0.3 is 16.0 Å². The average Bonchev–Trinajstić information content (AvgIpc) is 2.65. The van der Waals surface area contributed by atoms with Gasteiger partial charge in [0.05, 0.1) is 0 Å². The molecule has 0 spiro atoms. The number of amides is 3. The molecule has 0 bridgehead atoms. The number of pyridine rings is 1. The van der Waals surface area contributed by atoms with Crippen molar-refractivity contribution in [2.75, 3.05) is 11.9 Å². The molecule has 3 N–H and O–H groups in total. The summed E-state index contributed by atoms with van der Waals surface area (Å²) in [6, 6.07) is 10.6. The Labute approximate surface area is 158 Å². The third kappa shape index (κ3) is 7.98. The molecule has 1 heterocycles. The Kier molecular flexibility index (Phi) is 8.42. The maximum Gasteiger partial charge on any atom is 0.315 e. The van der Waals surface area contributed by atoms with Crippen LogP contribution in [0.25, 0.3) is 0 Å². The molecule has 0 aliphatic rings. The second-order valence-corrected chi connectivity index (χ2v) is 6.27. The summed E-state index contributed by atoms with van der Waals surface area (Å²) in [5, 5.41) is 9.09. The maximum absolute atomic E-state index is 11.8. The number of halogens is 1. The van der Waals surface area contributed by atoms with Crippen molar-refractivity contribution in [3.63, 3.8) is 0 Å². The number of nitrogens with zero attached hydrogens (tertiary/aromatic N) is 1. The maximum atomic E-state index is 11.8. The molecule has 7 heteroatoms. The van der Waals surface area contributed by atoms with Crippen molar-refractivity contribution < 1.29 is 9.59 Å². The van der Waals surface area contributed by atoms with Crippen molar-refractivity contribution in [2.24, 2.45) is 0 Å². The molecule has 0 fully saturated rings. The zero-order valence-corrected chi connectivity index (χ0v) is 15.3. The van der Waals surface area contributed by atoms with Crippen LogP contribution in [-0.4, -0.2) is 23.5 Å². The lowest BCUT2D eigenvalue weighted by Gasteiger charge is -2.08. The number of anilines is 1. The monoisotopic (exact) mass is 374 g/mol. The number of carbonyl (C=O) groups excluding carboxylic acids is 2. The molecule has 1 aromatic carbocycles. The van der Waals surface area contributed by atoms with Crippen LogP contribution >= 0.6 is 11.6 Å². The Hall–Kier alpha value is -2.60. The lowest BCUT2D eigenvalue weighted by molar-refractivity contribution is -0.116. The van der Waals surface area contributed by atoms with Crippen molar-refractivity contribution in [2.45, 2.75) is 32.2 Å². The Balaban J connectivity index is 1.48. The molecule has 0 unspecified atom stereocenters. The number of carbonyl (C=O) groups is 2. The standard InChI is InChI=1S/C19H23ClN4O2/c20-16-7-5-15(6-8-16)14-23-19(26)22-11-3-1-2-4-18(25)24-17-9-12-21-13-10-17/h5-10,12-13H,1-4,11,14H2,(H,21,24,25)(H2,22,23,26). The fraction of sp³-hybridized carbons (Fsp3) is 0.316. The van der Waals surface area contributed by atoms with E-state index in [2.05, 4.69) is 20.9 Å². The molecule has 26 heavy (non-hydrogen) atoms. The molecular formula is C19H23ClN4O2. The number of aromatic nitrogens is 1. The second-order valence-electron chi connectivity index (χ2n) is 5.83. The Morgan fingerprint density at radius 3 is 2.38 bits per heavy atom. The highest BCUT2D eigenvalue weighted by atomic mass is 35.5. The number of benzene rings is 1. The van der Waals surface area contributed by atoms with Crippen LogP contribution in [-0.2, 0) is 11.3 Å². The van der Waals surface area contributed by atoms with Crippen LogP contribution in [0, 0.1) is 0 Å². The van der Waals surface area contributed by atoms with E-state index >= 15 is 0 Å². The topological polar surface area (TPSA) is 83.1 Å². The van der Waals surface area contributed by atoms with Crippen LogP contribution < -0.4 is 16.0 Å². The smallest absolute Gasteiger partial charge is 0.315 e. The van der Waals surface area contributed by atoms with Gasteiger partial charge in [-0.25, -0.2) is 4.79 Å². The van der Waals surface area contributed by atoms with E-state index in [0.29, 0.717) is 24.5 Å². The third-order valence-electron chi connectivity index (χ3n) is 3.70. The normalized spacial score (nSPS) is 10.2. The molecule has 0 aliphatic heterocycles. The quantitative estimate of drug-likeness (QED) is 0.585. The molecule has 0 saturated heterocycles. The summed E-state index contributed by atoms with van der Waals surface area (Å²) in [7, 11) is 0. The summed E-state index contributed by atoms with van der Waals surface area (Å²) in [4.78, 5) is 27.4. The third-order valence-corrected chi connectivity index (χ3v) is 3.95. The van der Waals surface area contributed by atoms with E-state index in [9.17, 15) is 9.59 Å². The van der Waals surface area contributed by atoms with Crippen LogP contribution in [0.5, 0.6) is 0 Å². The van der Waals surface area contributed by atoms with Crippen molar-refractivity contribution in [1.82, 2.24) is 15.6 Å². The number of hydrogen-bond donors (Lipinski definition) is 3. The zero-order valence-electron chi connectivity index (χ0n) is 14.5. The van der Waals surface area contributed by atoms with Crippen molar-refractivity contribution in [3.8, 4) is 0 Å². The van der Waals surface area contributed by atoms with Crippen LogP contribution in [0.3, 0.4) is 0 Å². The summed E-state index contributed by atoms with van der Waals surface area (Å²) >= 11 is 5.82. The molecule has 0 aliphatic carbocycles. The second kappa shape index (κ2) is 11.1. The van der Waals surface area contributed by atoms with E-state index in [1.165, 1.54) is 0 Å². The predicted octanol–water partition coefficient (Wildman–Crippen LogP) is 3.73. The largest absolute Gasteiger partial charge is 0.338 e. The van der Waals surface area contributed by atoms with Gasteiger partial charge in [0.1, 0.15) is 0 Å². The molecule has 0 atom stereocenters. The first-order chi connectivity index (χ1) is 12.6. The number of hydrogen-bond acceptors (Lipinski definition) is 3. The lowest BCUT2D eigenvalue weighted by Crippen LogP contribution is -2.35. The molecule has 138 valence electrons. The fourth-order valence-corrected chi connectivity index (χ4v) is 2.42. The van der Waals surface area contributed by atoms with Gasteiger partial charge in [0.15, 0.2) is 0 Å². The number of rotatable bonds is 9. The molecular weight excluding hydrogens is 352 g/mol. The summed E-state index contributed by atoms with van der Waals surface area (Å²) in [5.41, 5.74) is 1.74. The highest BCUT2D eigenvalue weighted by Crippen LogP contribution is 2.09. The molecule has 0 radical (unpaired) electrons. The van der Waals surface area contributed by atoms with E-state index in [1.54, 1.807) is 36.7 Å². The summed E-state index contributed by atoms with van der Waals surface area (Å²) in [5.74, 6) is -0.00938. The number of urea groups is 1. The van der Waals surface area contributed by atoms with Gasteiger partial charge in [0, 0.05) is 42.6 Å². The van der Waals surface area contributed by atoms with E-state index in [4.69, 9.17) is 11.6 Å². The lowest BCUT2D eigenvalue weighted by atomic mass is 10.2. The van der Waals surface area contributed by atoms with Crippen LogP contribution in [0.4, 0.5) is 10.5 Å². The van der Waals surface area contributed by atoms with Gasteiger partial charge in [-0.2, -0.15) is 0 Å². The minimum Gasteiger partial charge on any atom is -0.338 e. The van der Waals surface area contributed by atoms with Gasteiger partial charge in [0.2, 0.25) is 5.91 Å². The summed E-state index contributed by atoms with van der Waals surface area (Å²) in [6.45, 7) is 1.04. The Bertz CT molecular complexity index is 692. The minimum atomic E-state index is -0.199. The molecule has 3 amide bonds. The van der Waals surface area contributed by atoms with Gasteiger partial charge in [0.25, 0.3) is 0 Å². The zero-order chi connectivity index (χ0) is 18.6. The predicted molar refractivity (Wildman–Crippen MR) is 103 cm³/mol. The van der Waals surface area contributed by atoms with Crippen molar-refractivity contribution >= 4 is 29.2 Å². The van der Waals surface area contributed by atoms with Crippen molar-refractivity contribution in [1.29, 1.82) is 0 Å². The first-order valence-electron chi connectivity index (χ1n) is 8.59. The molecule has 6 nitrogen and oxygen atoms in total. The van der Waals surface area contributed by atoms with E-state index in [0.717, 1.165) is 30.5 Å². The van der Waals surface area contributed by atoms with Crippen LogP contribution in [0.1, 0.15) is 31.2 Å². The fourth-order valence-electron chi connectivity index (χ4n) is 2.30. The van der Waals surface area contributed by atoms with E-state index < -0.39 is 0 Å². The summed E-state index contributed by atoms with van der Waals surface area (Å²) in [6.07, 6.45) is 6.23. The first kappa shape index (κ1) is 19.7.